The van der Waals surface area contributed by atoms with Crippen molar-refractivity contribution in [1.29, 1.82) is 0 Å². The van der Waals surface area contributed by atoms with Gasteiger partial charge < -0.3 is 5.32 Å². The first-order valence-electron chi connectivity index (χ1n) is 7.05. The molecule has 9 heteroatoms. The molecule has 0 saturated heterocycles. The number of nitrogens with zero attached hydrogens (tertiary/aromatic N) is 4. The Labute approximate surface area is 141 Å². The highest BCUT2D eigenvalue weighted by Crippen LogP contribution is 2.17. The van der Waals surface area contributed by atoms with Crippen LogP contribution in [0.2, 0.25) is 0 Å². The van der Waals surface area contributed by atoms with Crippen LogP contribution in [0.5, 0.6) is 0 Å². The van der Waals surface area contributed by atoms with Gasteiger partial charge in [0.25, 0.3) is 5.91 Å². The van der Waals surface area contributed by atoms with E-state index in [1.807, 2.05) is 38.1 Å². The highest BCUT2D eigenvalue weighted by Gasteiger charge is 2.12. The van der Waals surface area contributed by atoms with Crippen LogP contribution in [0.25, 0.3) is 11.4 Å². The number of rotatable bonds is 5. The smallest absolute Gasteiger partial charge is 0.321 e. The maximum atomic E-state index is 11.8. The molecule has 0 bridgehead atoms. The standard InChI is InChI=1S/C14H17BrN6O2/c1-9(2)7-16-14(23)17-12(22)8-21-19-13(18-20-21)10-3-5-11(15)6-4-10/h3-6,9H,7-8H2,1-2H3,(H2,16,17,22,23). The van der Waals surface area contributed by atoms with Gasteiger partial charge in [0.05, 0.1) is 0 Å². The summed E-state index contributed by atoms with van der Waals surface area (Å²) >= 11 is 3.35. The maximum absolute atomic E-state index is 11.8. The van der Waals surface area contributed by atoms with Crippen LogP contribution in [-0.2, 0) is 11.3 Å². The van der Waals surface area contributed by atoms with Gasteiger partial charge >= 0.3 is 6.03 Å². The molecule has 1 heterocycles. The maximum Gasteiger partial charge on any atom is 0.321 e. The minimum absolute atomic E-state index is 0.182. The molecule has 0 atom stereocenters. The SMILES string of the molecule is CC(C)CNC(=O)NC(=O)Cn1nnc(-c2ccc(Br)cc2)n1. The Morgan fingerprint density at radius 3 is 2.61 bits per heavy atom. The van der Waals surface area contributed by atoms with Crippen LogP contribution in [0, 0.1) is 5.92 Å². The zero-order chi connectivity index (χ0) is 16.8. The highest BCUT2D eigenvalue weighted by molar-refractivity contribution is 9.10. The number of carbonyl (C=O) groups is 2. The van der Waals surface area contributed by atoms with E-state index in [1.165, 1.54) is 0 Å². The Morgan fingerprint density at radius 1 is 1.26 bits per heavy atom. The third-order valence-corrected chi connectivity index (χ3v) is 3.29. The van der Waals surface area contributed by atoms with E-state index >= 15 is 0 Å². The molecule has 0 saturated carbocycles. The molecule has 0 aliphatic carbocycles. The summed E-state index contributed by atoms with van der Waals surface area (Å²) in [5.41, 5.74) is 0.787. The molecule has 2 N–H and O–H groups in total. The molecule has 3 amide bonds. The number of tetrazole rings is 1. The second kappa shape index (κ2) is 7.82. The Kier molecular flexibility index (Phi) is 5.80. The molecule has 8 nitrogen and oxygen atoms in total. The number of hydrogen-bond donors (Lipinski definition) is 2. The lowest BCUT2D eigenvalue weighted by molar-refractivity contribution is -0.121. The second-order valence-electron chi connectivity index (χ2n) is 5.30. The van der Waals surface area contributed by atoms with Gasteiger partial charge in [-0.3, -0.25) is 10.1 Å². The van der Waals surface area contributed by atoms with Crippen LogP contribution in [-0.4, -0.2) is 38.7 Å². The van der Waals surface area contributed by atoms with E-state index in [0.29, 0.717) is 18.3 Å². The average molecular weight is 381 g/mol. The number of benzene rings is 1. The zero-order valence-electron chi connectivity index (χ0n) is 12.8. The molecule has 0 aliphatic heterocycles. The zero-order valence-corrected chi connectivity index (χ0v) is 14.4. The summed E-state index contributed by atoms with van der Waals surface area (Å²) in [7, 11) is 0. The normalized spacial score (nSPS) is 10.6. The van der Waals surface area contributed by atoms with Crippen LogP contribution >= 0.6 is 15.9 Å². The van der Waals surface area contributed by atoms with E-state index in [1.54, 1.807) is 0 Å². The van der Waals surface area contributed by atoms with Gasteiger partial charge in [-0.15, -0.1) is 10.2 Å². The van der Waals surface area contributed by atoms with Gasteiger partial charge in [-0.2, -0.15) is 4.80 Å². The van der Waals surface area contributed by atoms with E-state index in [-0.39, 0.29) is 6.54 Å². The topological polar surface area (TPSA) is 102 Å². The monoisotopic (exact) mass is 380 g/mol. The van der Waals surface area contributed by atoms with Crippen molar-refractivity contribution in [3.8, 4) is 11.4 Å². The molecule has 2 rings (SSSR count). The van der Waals surface area contributed by atoms with E-state index in [4.69, 9.17) is 0 Å². The highest BCUT2D eigenvalue weighted by atomic mass is 79.9. The van der Waals surface area contributed by atoms with Crippen LogP contribution in [0.4, 0.5) is 4.79 Å². The van der Waals surface area contributed by atoms with Crippen molar-refractivity contribution in [2.24, 2.45) is 5.92 Å². The number of amides is 3. The summed E-state index contributed by atoms with van der Waals surface area (Å²) in [5, 5.41) is 16.6. The largest absolute Gasteiger partial charge is 0.338 e. The number of imide groups is 1. The van der Waals surface area contributed by atoms with Gasteiger partial charge in [0.15, 0.2) is 0 Å². The van der Waals surface area contributed by atoms with Gasteiger partial charge in [0.1, 0.15) is 6.54 Å². The Bertz CT molecular complexity index is 683. The minimum Gasteiger partial charge on any atom is -0.338 e. The van der Waals surface area contributed by atoms with Crippen molar-refractivity contribution in [3.63, 3.8) is 0 Å². The van der Waals surface area contributed by atoms with E-state index in [0.717, 1.165) is 14.8 Å². The summed E-state index contributed by atoms with van der Waals surface area (Å²) in [4.78, 5) is 24.4. The molecule has 122 valence electrons. The van der Waals surface area contributed by atoms with Crippen LogP contribution < -0.4 is 10.6 Å². The van der Waals surface area contributed by atoms with E-state index in [9.17, 15) is 9.59 Å². The third-order valence-electron chi connectivity index (χ3n) is 2.76. The molecule has 0 spiro atoms. The third kappa shape index (κ3) is 5.44. The Morgan fingerprint density at radius 2 is 1.96 bits per heavy atom. The quantitative estimate of drug-likeness (QED) is 0.819. The fourth-order valence-corrected chi connectivity index (χ4v) is 1.92. The molecular weight excluding hydrogens is 364 g/mol. The van der Waals surface area contributed by atoms with Crippen molar-refractivity contribution in [3.05, 3.63) is 28.7 Å². The Balaban J connectivity index is 1.90. The lowest BCUT2D eigenvalue weighted by Crippen LogP contribution is -2.42. The van der Waals surface area contributed by atoms with Crippen molar-refractivity contribution in [1.82, 2.24) is 30.8 Å². The predicted octanol–water partition coefficient (Wildman–Crippen LogP) is 1.58. The van der Waals surface area contributed by atoms with Gasteiger partial charge in [-0.1, -0.05) is 29.8 Å². The molecule has 0 radical (unpaired) electrons. The number of aromatic nitrogens is 4. The van der Waals surface area contributed by atoms with Gasteiger partial charge in [0, 0.05) is 16.6 Å². The average Bonchev–Trinajstić information content (AvgIpc) is 2.94. The molecule has 2 aromatic rings. The summed E-state index contributed by atoms with van der Waals surface area (Å²) in [5.74, 6) is 0.210. The number of nitrogens with one attached hydrogen (secondary N) is 2. The molecule has 23 heavy (non-hydrogen) atoms. The molecular formula is C14H17BrN6O2. The van der Waals surface area contributed by atoms with Crippen molar-refractivity contribution in [2.45, 2.75) is 20.4 Å². The van der Waals surface area contributed by atoms with Crippen molar-refractivity contribution < 1.29 is 9.59 Å². The lowest BCUT2D eigenvalue weighted by atomic mass is 10.2. The Hall–Kier alpha value is -2.29. The fraction of sp³-hybridized carbons (Fsp3) is 0.357. The first-order valence-corrected chi connectivity index (χ1v) is 7.85. The number of carbonyl (C=O) groups excluding carboxylic acids is 2. The van der Waals surface area contributed by atoms with Gasteiger partial charge in [-0.25, -0.2) is 4.79 Å². The minimum atomic E-state index is -0.531. The predicted molar refractivity (Wildman–Crippen MR) is 87.3 cm³/mol. The van der Waals surface area contributed by atoms with Crippen LogP contribution in [0.1, 0.15) is 13.8 Å². The van der Waals surface area contributed by atoms with E-state index in [2.05, 4.69) is 42.0 Å². The second-order valence-corrected chi connectivity index (χ2v) is 6.22. The fourth-order valence-electron chi connectivity index (χ4n) is 1.66. The van der Waals surface area contributed by atoms with Crippen molar-refractivity contribution in [2.75, 3.05) is 6.54 Å². The first-order chi connectivity index (χ1) is 10.9. The van der Waals surface area contributed by atoms with E-state index < -0.39 is 11.9 Å². The molecule has 0 fully saturated rings. The summed E-state index contributed by atoms with van der Waals surface area (Å²) in [6.45, 7) is 4.24. The summed E-state index contributed by atoms with van der Waals surface area (Å²) in [6.07, 6.45) is 0. The molecule has 0 unspecified atom stereocenters. The number of halogens is 1. The van der Waals surface area contributed by atoms with Crippen LogP contribution in [0.15, 0.2) is 28.7 Å². The number of urea groups is 1. The number of hydrogen-bond acceptors (Lipinski definition) is 5. The lowest BCUT2D eigenvalue weighted by Gasteiger charge is -2.07. The molecule has 0 aliphatic rings. The first kappa shape index (κ1) is 17.1. The summed E-state index contributed by atoms with van der Waals surface area (Å²) < 4.78 is 0.945. The van der Waals surface area contributed by atoms with Gasteiger partial charge in [-0.05, 0) is 35.4 Å². The molecule has 1 aromatic carbocycles. The molecule has 1 aromatic heterocycles. The van der Waals surface area contributed by atoms with Crippen LogP contribution in [0.3, 0.4) is 0 Å². The summed E-state index contributed by atoms with van der Waals surface area (Å²) in [6, 6.07) is 6.87. The van der Waals surface area contributed by atoms with Gasteiger partial charge in [0.2, 0.25) is 5.82 Å². The van der Waals surface area contributed by atoms with Crippen molar-refractivity contribution >= 4 is 27.9 Å².